The van der Waals surface area contributed by atoms with Gasteiger partial charge in [-0.1, -0.05) is 26.0 Å². The van der Waals surface area contributed by atoms with E-state index in [-0.39, 0.29) is 0 Å². The zero-order valence-corrected chi connectivity index (χ0v) is 7.96. The Kier molecular flexibility index (Phi) is 3.35. The zero-order chi connectivity index (χ0) is 8.97. The Hall–Kier alpha value is -0.760. The molecule has 0 bridgehead atoms. The van der Waals surface area contributed by atoms with E-state index >= 15 is 0 Å². The molecule has 2 N–H and O–H groups in total. The van der Waals surface area contributed by atoms with Gasteiger partial charge >= 0.3 is 0 Å². The first-order chi connectivity index (χ1) is 5.77. The lowest BCUT2D eigenvalue weighted by Gasteiger charge is -2.28. The van der Waals surface area contributed by atoms with Crippen molar-refractivity contribution < 1.29 is 0 Å². The van der Waals surface area contributed by atoms with Crippen molar-refractivity contribution in [3.05, 3.63) is 23.9 Å². The Morgan fingerprint density at radius 3 is 2.67 bits per heavy atom. The minimum Gasteiger partial charge on any atom is -0.402 e. The standard InChI is InChI=1S/C10H18N2/c1-3-12(4-2)10-7-5-6-9(11)8-10/h5-7,10H,3-4,8,11H2,1-2H3. The van der Waals surface area contributed by atoms with E-state index in [2.05, 4.69) is 30.9 Å². The largest absolute Gasteiger partial charge is 0.402 e. The first-order valence-electron chi connectivity index (χ1n) is 4.64. The van der Waals surface area contributed by atoms with Crippen LogP contribution in [0.5, 0.6) is 0 Å². The molecular weight excluding hydrogens is 148 g/mol. The summed E-state index contributed by atoms with van der Waals surface area (Å²) in [5.74, 6) is 0. The maximum atomic E-state index is 5.76. The average Bonchev–Trinajstić information content (AvgIpc) is 2.07. The molecule has 12 heavy (non-hydrogen) atoms. The molecule has 0 radical (unpaired) electrons. The van der Waals surface area contributed by atoms with Crippen molar-refractivity contribution in [2.24, 2.45) is 5.73 Å². The van der Waals surface area contributed by atoms with Gasteiger partial charge in [0.2, 0.25) is 0 Å². The maximum absolute atomic E-state index is 5.76. The molecule has 0 spiro atoms. The van der Waals surface area contributed by atoms with Crippen LogP contribution in [-0.2, 0) is 0 Å². The highest BCUT2D eigenvalue weighted by atomic mass is 15.1. The summed E-state index contributed by atoms with van der Waals surface area (Å²) < 4.78 is 0. The van der Waals surface area contributed by atoms with Gasteiger partial charge in [0.25, 0.3) is 0 Å². The second-order valence-electron chi connectivity index (χ2n) is 3.12. The van der Waals surface area contributed by atoms with Crippen molar-refractivity contribution in [1.29, 1.82) is 0 Å². The van der Waals surface area contributed by atoms with E-state index in [0.717, 1.165) is 25.2 Å². The van der Waals surface area contributed by atoms with Crippen LogP contribution in [0.3, 0.4) is 0 Å². The molecule has 1 rings (SSSR count). The van der Waals surface area contributed by atoms with Crippen molar-refractivity contribution in [1.82, 2.24) is 4.90 Å². The van der Waals surface area contributed by atoms with E-state index in [1.165, 1.54) is 0 Å². The summed E-state index contributed by atoms with van der Waals surface area (Å²) in [5.41, 5.74) is 6.75. The molecule has 68 valence electrons. The second-order valence-corrected chi connectivity index (χ2v) is 3.12. The minimum absolute atomic E-state index is 0.519. The molecule has 2 heteroatoms. The smallest absolute Gasteiger partial charge is 0.0335 e. The average molecular weight is 166 g/mol. The number of hydrogen-bond acceptors (Lipinski definition) is 2. The number of allylic oxidation sites excluding steroid dienone is 2. The molecule has 2 nitrogen and oxygen atoms in total. The normalized spacial score (nSPS) is 22.9. The van der Waals surface area contributed by atoms with Gasteiger partial charge in [-0.25, -0.2) is 0 Å². The van der Waals surface area contributed by atoms with E-state index in [1.807, 2.05) is 6.08 Å². The summed E-state index contributed by atoms with van der Waals surface area (Å²) in [6.07, 6.45) is 7.25. The van der Waals surface area contributed by atoms with Gasteiger partial charge in [-0.15, -0.1) is 0 Å². The molecule has 1 aliphatic rings. The summed E-state index contributed by atoms with van der Waals surface area (Å²) in [5, 5.41) is 0. The summed E-state index contributed by atoms with van der Waals surface area (Å²) in [4.78, 5) is 2.41. The highest BCUT2D eigenvalue weighted by Gasteiger charge is 2.14. The predicted molar refractivity (Wildman–Crippen MR) is 52.7 cm³/mol. The molecule has 0 aromatic heterocycles. The maximum Gasteiger partial charge on any atom is 0.0335 e. The molecular formula is C10H18N2. The molecule has 0 saturated carbocycles. The highest BCUT2D eigenvalue weighted by Crippen LogP contribution is 2.13. The van der Waals surface area contributed by atoms with Gasteiger partial charge in [-0.05, 0) is 19.2 Å². The molecule has 1 unspecified atom stereocenters. The predicted octanol–water partition coefficient (Wildman–Crippen LogP) is 1.50. The van der Waals surface area contributed by atoms with Crippen molar-refractivity contribution in [3.63, 3.8) is 0 Å². The third kappa shape index (κ3) is 2.11. The van der Waals surface area contributed by atoms with Crippen LogP contribution in [0.4, 0.5) is 0 Å². The van der Waals surface area contributed by atoms with E-state index in [0.29, 0.717) is 6.04 Å². The monoisotopic (exact) mass is 166 g/mol. The van der Waals surface area contributed by atoms with Gasteiger partial charge in [-0.3, -0.25) is 4.90 Å². The summed E-state index contributed by atoms with van der Waals surface area (Å²) in [6, 6.07) is 0.519. The van der Waals surface area contributed by atoms with Crippen molar-refractivity contribution in [3.8, 4) is 0 Å². The lowest BCUT2D eigenvalue weighted by Crippen LogP contribution is -2.35. The van der Waals surface area contributed by atoms with Crippen LogP contribution < -0.4 is 5.73 Å². The summed E-state index contributed by atoms with van der Waals surface area (Å²) in [7, 11) is 0. The molecule has 1 atom stereocenters. The van der Waals surface area contributed by atoms with Crippen LogP contribution in [0, 0.1) is 0 Å². The zero-order valence-electron chi connectivity index (χ0n) is 7.96. The molecule has 0 fully saturated rings. The quantitative estimate of drug-likeness (QED) is 0.688. The number of nitrogens with two attached hydrogens (primary N) is 1. The Morgan fingerprint density at radius 2 is 2.17 bits per heavy atom. The van der Waals surface area contributed by atoms with Gasteiger partial charge in [-0.2, -0.15) is 0 Å². The number of rotatable bonds is 3. The summed E-state index contributed by atoms with van der Waals surface area (Å²) >= 11 is 0. The molecule has 0 saturated heterocycles. The lowest BCUT2D eigenvalue weighted by molar-refractivity contribution is 0.250. The highest BCUT2D eigenvalue weighted by molar-refractivity contribution is 5.19. The third-order valence-corrected chi connectivity index (χ3v) is 2.37. The van der Waals surface area contributed by atoms with Crippen LogP contribution in [-0.4, -0.2) is 24.0 Å². The van der Waals surface area contributed by atoms with Crippen molar-refractivity contribution in [2.45, 2.75) is 26.3 Å². The Balaban J connectivity index is 2.54. The number of likely N-dealkylation sites (N-methyl/N-ethyl adjacent to an activating group) is 1. The van der Waals surface area contributed by atoms with E-state index in [4.69, 9.17) is 5.73 Å². The Morgan fingerprint density at radius 1 is 1.50 bits per heavy atom. The molecule has 0 aromatic rings. The third-order valence-electron chi connectivity index (χ3n) is 2.37. The van der Waals surface area contributed by atoms with Crippen molar-refractivity contribution >= 4 is 0 Å². The van der Waals surface area contributed by atoms with Crippen LogP contribution in [0.2, 0.25) is 0 Å². The second kappa shape index (κ2) is 4.31. The number of nitrogens with zero attached hydrogens (tertiary/aromatic N) is 1. The first-order valence-corrected chi connectivity index (χ1v) is 4.64. The van der Waals surface area contributed by atoms with E-state index in [1.54, 1.807) is 0 Å². The fourth-order valence-corrected chi connectivity index (χ4v) is 1.63. The fourth-order valence-electron chi connectivity index (χ4n) is 1.63. The SMILES string of the molecule is CCN(CC)C1C=CC=C(N)C1. The van der Waals surface area contributed by atoms with E-state index in [9.17, 15) is 0 Å². The molecule has 0 aliphatic heterocycles. The van der Waals surface area contributed by atoms with Gasteiger partial charge in [0.1, 0.15) is 0 Å². The van der Waals surface area contributed by atoms with Crippen molar-refractivity contribution in [2.75, 3.05) is 13.1 Å². The van der Waals surface area contributed by atoms with Crippen LogP contribution in [0.1, 0.15) is 20.3 Å². The van der Waals surface area contributed by atoms with Gasteiger partial charge in [0.05, 0.1) is 0 Å². The van der Waals surface area contributed by atoms with Crippen LogP contribution >= 0.6 is 0 Å². The molecule has 1 aliphatic carbocycles. The van der Waals surface area contributed by atoms with E-state index < -0.39 is 0 Å². The van der Waals surface area contributed by atoms with Crippen LogP contribution in [0.25, 0.3) is 0 Å². The van der Waals surface area contributed by atoms with Gasteiger partial charge in [0.15, 0.2) is 0 Å². The van der Waals surface area contributed by atoms with Gasteiger partial charge < -0.3 is 5.73 Å². The van der Waals surface area contributed by atoms with Gasteiger partial charge in [0, 0.05) is 18.2 Å². The summed E-state index contributed by atoms with van der Waals surface area (Å²) in [6.45, 7) is 6.56. The molecule has 0 heterocycles. The Bertz CT molecular complexity index is 190. The molecule has 0 aromatic carbocycles. The minimum atomic E-state index is 0.519. The fraction of sp³-hybridized carbons (Fsp3) is 0.600. The first kappa shape index (κ1) is 9.33. The molecule has 0 amide bonds. The topological polar surface area (TPSA) is 29.3 Å². The van der Waals surface area contributed by atoms with Crippen LogP contribution in [0.15, 0.2) is 23.9 Å². The lowest BCUT2D eigenvalue weighted by atomic mass is 10.0. The Labute approximate surface area is 74.7 Å². The number of hydrogen-bond donors (Lipinski definition) is 1.